The van der Waals surface area contributed by atoms with E-state index in [-0.39, 0.29) is 6.17 Å². The highest BCUT2D eigenvalue weighted by Gasteiger charge is 2.22. The zero-order chi connectivity index (χ0) is 20.8. The van der Waals surface area contributed by atoms with E-state index < -0.39 is 0 Å². The molecule has 152 valence electrons. The molecular formula is C24H30N4O. The Morgan fingerprint density at radius 3 is 2.86 bits per heavy atom. The second-order valence-corrected chi connectivity index (χ2v) is 7.25. The van der Waals surface area contributed by atoms with Crippen molar-refractivity contribution in [1.29, 1.82) is 0 Å². The molecule has 2 aromatic carbocycles. The van der Waals surface area contributed by atoms with E-state index in [1.165, 1.54) is 5.56 Å². The van der Waals surface area contributed by atoms with Crippen molar-refractivity contribution in [3.05, 3.63) is 83.2 Å². The molecule has 0 fully saturated rings. The summed E-state index contributed by atoms with van der Waals surface area (Å²) in [5, 5.41) is 10.3. The Hall–Kier alpha value is -3.21. The zero-order valence-corrected chi connectivity index (χ0v) is 17.7. The maximum absolute atomic E-state index is 5.38. The van der Waals surface area contributed by atoms with Gasteiger partial charge in [-0.2, -0.15) is 0 Å². The molecular weight excluding hydrogens is 360 g/mol. The number of rotatable bonds is 7. The summed E-state index contributed by atoms with van der Waals surface area (Å²) < 4.78 is 5.38. The number of methoxy groups -OCH3 is 1. The molecule has 0 radical (unpaired) electrons. The Morgan fingerprint density at radius 2 is 2.10 bits per heavy atom. The van der Waals surface area contributed by atoms with Crippen LogP contribution in [0.3, 0.4) is 0 Å². The van der Waals surface area contributed by atoms with Crippen molar-refractivity contribution in [3.63, 3.8) is 0 Å². The predicted octanol–water partition coefficient (Wildman–Crippen LogP) is 4.88. The van der Waals surface area contributed by atoms with Crippen molar-refractivity contribution < 1.29 is 4.74 Å². The van der Waals surface area contributed by atoms with Crippen molar-refractivity contribution in [2.24, 2.45) is 4.99 Å². The first-order chi connectivity index (χ1) is 14.0. The zero-order valence-electron chi connectivity index (χ0n) is 17.7. The smallest absolute Gasteiger partial charge is 0.147 e. The first kappa shape index (κ1) is 20.5. The van der Waals surface area contributed by atoms with Crippen LogP contribution < -0.4 is 20.7 Å². The van der Waals surface area contributed by atoms with Crippen molar-refractivity contribution in [3.8, 4) is 5.75 Å². The molecule has 0 spiro atoms. The van der Waals surface area contributed by atoms with Crippen LogP contribution >= 0.6 is 0 Å². The molecule has 5 nitrogen and oxygen atoms in total. The highest BCUT2D eigenvalue weighted by Crippen LogP contribution is 2.31. The van der Waals surface area contributed by atoms with Gasteiger partial charge in [0.15, 0.2) is 0 Å². The minimum atomic E-state index is -0.210. The van der Waals surface area contributed by atoms with E-state index >= 15 is 0 Å². The maximum atomic E-state index is 5.38. The molecule has 0 amide bonds. The number of ether oxygens (including phenoxy) is 1. The van der Waals surface area contributed by atoms with Gasteiger partial charge < -0.3 is 20.7 Å². The third-order valence-corrected chi connectivity index (χ3v) is 4.71. The Balaban J connectivity index is 1.91. The highest BCUT2D eigenvalue weighted by molar-refractivity contribution is 6.06. The Kier molecular flexibility index (Phi) is 6.60. The molecule has 2 aromatic rings. The van der Waals surface area contributed by atoms with Gasteiger partial charge >= 0.3 is 0 Å². The summed E-state index contributed by atoms with van der Waals surface area (Å²) in [6.45, 7) is 11.4. The Morgan fingerprint density at radius 1 is 1.28 bits per heavy atom. The first-order valence-corrected chi connectivity index (χ1v) is 9.97. The van der Waals surface area contributed by atoms with Gasteiger partial charge in [-0.05, 0) is 56.2 Å². The van der Waals surface area contributed by atoms with E-state index in [2.05, 4.69) is 60.6 Å². The molecule has 5 heteroatoms. The summed E-state index contributed by atoms with van der Waals surface area (Å²) in [5.74, 6) is 1.62. The second-order valence-electron chi connectivity index (χ2n) is 7.25. The number of benzene rings is 2. The number of allylic oxidation sites excluding steroid dienone is 2. The van der Waals surface area contributed by atoms with Crippen molar-refractivity contribution in [2.45, 2.75) is 33.4 Å². The summed E-state index contributed by atoms with van der Waals surface area (Å²) >= 11 is 0. The summed E-state index contributed by atoms with van der Waals surface area (Å²) in [6, 6.07) is 14.3. The fourth-order valence-electron chi connectivity index (χ4n) is 3.25. The molecule has 0 saturated carbocycles. The molecule has 3 rings (SSSR count). The lowest BCUT2D eigenvalue weighted by molar-refractivity contribution is 0.414. The van der Waals surface area contributed by atoms with Crippen molar-refractivity contribution in [2.75, 3.05) is 19.0 Å². The molecule has 0 bridgehead atoms. The van der Waals surface area contributed by atoms with E-state index in [9.17, 15) is 0 Å². The van der Waals surface area contributed by atoms with Crippen LogP contribution in [0.4, 0.5) is 5.69 Å². The van der Waals surface area contributed by atoms with Gasteiger partial charge in [0.2, 0.25) is 0 Å². The fraction of sp³-hybridized carbons (Fsp3) is 0.292. The first-order valence-electron chi connectivity index (χ1n) is 9.97. The van der Waals surface area contributed by atoms with E-state index in [4.69, 9.17) is 9.73 Å². The minimum absolute atomic E-state index is 0.210. The normalized spacial score (nSPS) is 15.7. The predicted molar refractivity (Wildman–Crippen MR) is 121 cm³/mol. The lowest BCUT2D eigenvalue weighted by Crippen LogP contribution is -2.30. The van der Waals surface area contributed by atoms with Crippen LogP contribution in [0.2, 0.25) is 0 Å². The van der Waals surface area contributed by atoms with Crippen molar-refractivity contribution in [1.82, 2.24) is 10.6 Å². The van der Waals surface area contributed by atoms with Crippen LogP contribution in [0, 0.1) is 6.92 Å². The van der Waals surface area contributed by atoms with Gasteiger partial charge in [0.1, 0.15) is 17.8 Å². The number of nitrogens with zero attached hydrogens (tertiary/aromatic N) is 1. The summed E-state index contributed by atoms with van der Waals surface area (Å²) in [6.07, 6.45) is 2.88. The summed E-state index contributed by atoms with van der Waals surface area (Å²) in [7, 11) is 1.67. The van der Waals surface area contributed by atoms with Gasteiger partial charge in [-0.15, -0.1) is 0 Å². The van der Waals surface area contributed by atoms with Gasteiger partial charge in [0.05, 0.1) is 7.11 Å². The lowest BCUT2D eigenvalue weighted by atomic mass is 10.0. The van der Waals surface area contributed by atoms with Crippen LogP contribution in [0.5, 0.6) is 5.75 Å². The minimum Gasteiger partial charge on any atom is -0.497 e. The van der Waals surface area contributed by atoms with E-state index in [0.717, 1.165) is 52.8 Å². The number of aliphatic imine (C=N–C) groups is 1. The standard InChI is InChI=1S/C24H30N4O/c1-6-12-25-17(3)14-18(4)26-24-21-11-10-16(2)13-22(21)27-23(28-24)19-8-7-9-20(15-19)29-5/h7-11,13-15,23,25,27H,4,6,12H2,1-3,5H3,(H,26,28)/b17-14-. The van der Waals surface area contributed by atoms with Gasteiger partial charge in [-0.1, -0.05) is 31.7 Å². The van der Waals surface area contributed by atoms with Crippen LogP contribution in [0.25, 0.3) is 0 Å². The van der Waals surface area contributed by atoms with Gasteiger partial charge in [-0.3, -0.25) is 0 Å². The van der Waals surface area contributed by atoms with Crippen LogP contribution in [0.15, 0.2) is 71.5 Å². The molecule has 0 saturated heterocycles. The lowest BCUT2D eigenvalue weighted by Gasteiger charge is -2.27. The maximum Gasteiger partial charge on any atom is 0.147 e. The van der Waals surface area contributed by atoms with Crippen LogP contribution in [-0.4, -0.2) is 19.5 Å². The average molecular weight is 391 g/mol. The SMILES string of the molecule is C=C(/C=C(/C)NCCC)NC1=NC(c2cccc(OC)c2)Nc2cc(C)ccc21. The number of amidine groups is 1. The quantitative estimate of drug-likeness (QED) is 0.590. The van der Waals surface area contributed by atoms with Crippen LogP contribution in [-0.2, 0) is 0 Å². The number of aryl methyl sites for hydroxylation is 1. The third kappa shape index (κ3) is 5.19. The monoisotopic (exact) mass is 390 g/mol. The molecule has 3 N–H and O–H groups in total. The van der Waals surface area contributed by atoms with Crippen LogP contribution in [0.1, 0.15) is 43.1 Å². The average Bonchev–Trinajstić information content (AvgIpc) is 2.71. The van der Waals surface area contributed by atoms with E-state index in [0.29, 0.717) is 0 Å². The fourth-order valence-corrected chi connectivity index (χ4v) is 3.25. The topological polar surface area (TPSA) is 57.7 Å². The number of anilines is 1. The van der Waals surface area contributed by atoms with Gasteiger partial charge in [-0.25, -0.2) is 4.99 Å². The van der Waals surface area contributed by atoms with Crippen molar-refractivity contribution >= 4 is 11.5 Å². The number of hydrogen-bond donors (Lipinski definition) is 3. The highest BCUT2D eigenvalue weighted by atomic mass is 16.5. The molecule has 1 aliphatic rings. The van der Waals surface area contributed by atoms with Gasteiger partial charge in [0.25, 0.3) is 0 Å². The molecule has 1 heterocycles. The Labute approximate surface area is 173 Å². The van der Waals surface area contributed by atoms with Gasteiger partial charge in [0, 0.05) is 34.8 Å². The number of fused-ring (bicyclic) bond motifs is 1. The largest absolute Gasteiger partial charge is 0.497 e. The summed E-state index contributed by atoms with van der Waals surface area (Å²) in [4.78, 5) is 4.94. The molecule has 1 atom stereocenters. The number of hydrogen-bond acceptors (Lipinski definition) is 5. The summed E-state index contributed by atoms with van der Waals surface area (Å²) in [5.41, 5.74) is 6.18. The number of nitrogens with one attached hydrogen (secondary N) is 3. The second kappa shape index (κ2) is 9.32. The molecule has 0 aliphatic carbocycles. The molecule has 29 heavy (non-hydrogen) atoms. The molecule has 1 aliphatic heterocycles. The third-order valence-electron chi connectivity index (χ3n) is 4.71. The molecule has 1 unspecified atom stereocenters. The van der Waals surface area contributed by atoms with E-state index in [1.807, 2.05) is 31.2 Å². The Bertz CT molecular complexity index is 946. The molecule has 0 aromatic heterocycles. The van der Waals surface area contributed by atoms with E-state index in [1.54, 1.807) is 7.11 Å².